The minimum Gasteiger partial charge on any atom is -0.481 e. The molecule has 0 bridgehead atoms. The van der Waals surface area contributed by atoms with Gasteiger partial charge in [-0.05, 0) is 38.9 Å². The molecule has 1 heterocycles. The van der Waals surface area contributed by atoms with Crippen LogP contribution < -0.4 is 5.32 Å². The largest absolute Gasteiger partial charge is 0.481 e. The van der Waals surface area contributed by atoms with E-state index in [2.05, 4.69) is 10.2 Å². The number of carboxylic acids is 1. The summed E-state index contributed by atoms with van der Waals surface area (Å²) in [5, 5.41) is 11.0. The Morgan fingerprint density at radius 3 is 2.50 bits per heavy atom. The van der Waals surface area contributed by atoms with E-state index >= 15 is 0 Å². The summed E-state index contributed by atoms with van der Waals surface area (Å²) in [6.45, 7) is 3.88. The van der Waals surface area contributed by atoms with Gasteiger partial charge in [-0.2, -0.15) is 0 Å². The molecule has 0 aliphatic carbocycles. The fraction of sp³-hybridized carbons (Fsp3) is 0.818. The summed E-state index contributed by atoms with van der Waals surface area (Å²) in [5.74, 6) is -1.47. The van der Waals surface area contributed by atoms with E-state index < -0.39 is 18.3 Å². The molecule has 0 aromatic rings. The molecule has 2 N–H and O–H groups in total. The number of hydrogen-bond acceptors (Lipinski definition) is 3. The van der Waals surface area contributed by atoms with Crippen molar-refractivity contribution in [1.82, 2.24) is 10.2 Å². The molecule has 1 rings (SSSR count). The number of aliphatic carboxylic acids is 1. The van der Waals surface area contributed by atoms with Crippen LogP contribution in [0.5, 0.6) is 0 Å². The van der Waals surface area contributed by atoms with Crippen molar-refractivity contribution < 1.29 is 14.7 Å². The van der Waals surface area contributed by atoms with E-state index in [1.54, 1.807) is 0 Å². The highest BCUT2D eigenvalue weighted by Crippen LogP contribution is 2.08. The fourth-order valence-corrected chi connectivity index (χ4v) is 1.91. The molecule has 92 valence electrons. The smallest absolute Gasteiger partial charge is 0.312 e. The quantitative estimate of drug-likeness (QED) is 0.511. The Labute approximate surface area is 95.8 Å². The molecular formula is C11H20N2O3. The maximum atomic E-state index is 11.0. The molecular weight excluding hydrogens is 208 g/mol. The summed E-state index contributed by atoms with van der Waals surface area (Å²) < 4.78 is 0. The highest BCUT2D eigenvalue weighted by Gasteiger charge is 2.10. The van der Waals surface area contributed by atoms with Gasteiger partial charge in [-0.15, -0.1) is 0 Å². The summed E-state index contributed by atoms with van der Waals surface area (Å²) in [6, 6.07) is 0. The predicted octanol–water partition coefficient (Wildman–Crippen LogP) is 0.453. The van der Waals surface area contributed by atoms with Crippen molar-refractivity contribution in [3.63, 3.8) is 0 Å². The monoisotopic (exact) mass is 228 g/mol. The molecule has 0 spiro atoms. The molecule has 16 heavy (non-hydrogen) atoms. The van der Waals surface area contributed by atoms with Gasteiger partial charge in [0.25, 0.3) is 0 Å². The summed E-state index contributed by atoms with van der Waals surface area (Å²) >= 11 is 0. The number of nitrogens with zero attached hydrogens (tertiary/aromatic N) is 1. The molecule has 1 saturated heterocycles. The highest BCUT2D eigenvalue weighted by atomic mass is 16.4. The number of carbonyl (C=O) groups is 2. The third kappa shape index (κ3) is 5.70. The molecule has 0 saturated carbocycles. The molecule has 0 aromatic carbocycles. The van der Waals surface area contributed by atoms with Crippen LogP contribution in [0.1, 0.15) is 32.1 Å². The average molecular weight is 228 g/mol. The zero-order valence-electron chi connectivity index (χ0n) is 9.57. The van der Waals surface area contributed by atoms with Crippen LogP contribution in [0.3, 0.4) is 0 Å². The Balaban J connectivity index is 1.98. The Kier molecular flexibility index (Phi) is 5.85. The van der Waals surface area contributed by atoms with Crippen molar-refractivity contribution in [2.24, 2.45) is 0 Å². The number of carboxylic acid groups (broad SMARTS) is 1. The van der Waals surface area contributed by atoms with E-state index in [0.717, 1.165) is 26.1 Å². The molecule has 0 unspecified atom stereocenters. The third-order valence-electron chi connectivity index (χ3n) is 2.73. The summed E-state index contributed by atoms with van der Waals surface area (Å²) in [6.07, 6.45) is 4.33. The molecule has 1 aliphatic heterocycles. The number of piperidine rings is 1. The summed E-state index contributed by atoms with van der Waals surface area (Å²) in [5.41, 5.74) is 0. The van der Waals surface area contributed by atoms with Gasteiger partial charge in [0.15, 0.2) is 0 Å². The highest BCUT2D eigenvalue weighted by molar-refractivity contribution is 5.93. The second-order valence-electron chi connectivity index (χ2n) is 4.18. The average Bonchev–Trinajstić information content (AvgIpc) is 2.25. The number of hydrogen-bond donors (Lipinski definition) is 2. The first kappa shape index (κ1) is 13.0. The lowest BCUT2D eigenvalue weighted by atomic mass is 10.1. The van der Waals surface area contributed by atoms with E-state index in [9.17, 15) is 9.59 Å². The number of rotatable bonds is 6. The first-order valence-corrected chi connectivity index (χ1v) is 5.89. The van der Waals surface area contributed by atoms with Gasteiger partial charge < -0.3 is 15.3 Å². The van der Waals surface area contributed by atoms with Crippen LogP contribution in [-0.4, -0.2) is 48.1 Å². The normalized spacial score (nSPS) is 17.0. The Morgan fingerprint density at radius 1 is 1.19 bits per heavy atom. The first-order chi connectivity index (χ1) is 7.68. The minimum absolute atomic E-state index is 0.397. The van der Waals surface area contributed by atoms with Gasteiger partial charge in [0.1, 0.15) is 6.42 Å². The molecule has 1 aliphatic rings. The van der Waals surface area contributed by atoms with E-state index in [1.165, 1.54) is 19.3 Å². The maximum Gasteiger partial charge on any atom is 0.312 e. The Bertz CT molecular complexity index is 237. The molecule has 0 aromatic heterocycles. The SMILES string of the molecule is O=C(O)CC(=O)NCCCN1CCCCC1. The number of nitrogens with one attached hydrogen (secondary N) is 1. The Morgan fingerprint density at radius 2 is 1.88 bits per heavy atom. The zero-order valence-corrected chi connectivity index (χ0v) is 9.57. The van der Waals surface area contributed by atoms with Gasteiger partial charge in [0.05, 0.1) is 0 Å². The lowest BCUT2D eigenvalue weighted by Crippen LogP contribution is -2.33. The molecule has 1 amide bonds. The van der Waals surface area contributed by atoms with Crippen LogP contribution in [-0.2, 0) is 9.59 Å². The van der Waals surface area contributed by atoms with Crippen LogP contribution in [0.2, 0.25) is 0 Å². The Hall–Kier alpha value is -1.10. The summed E-state index contributed by atoms with van der Waals surface area (Å²) in [4.78, 5) is 23.6. The van der Waals surface area contributed by atoms with Crippen LogP contribution >= 0.6 is 0 Å². The molecule has 5 heteroatoms. The summed E-state index contributed by atoms with van der Waals surface area (Å²) in [7, 11) is 0. The minimum atomic E-state index is -1.08. The van der Waals surface area contributed by atoms with Gasteiger partial charge in [-0.3, -0.25) is 9.59 Å². The van der Waals surface area contributed by atoms with E-state index in [-0.39, 0.29) is 0 Å². The van der Waals surface area contributed by atoms with Gasteiger partial charge in [0, 0.05) is 6.54 Å². The van der Waals surface area contributed by atoms with Crippen molar-refractivity contribution in [3.8, 4) is 0 Å². The fourth-order valence-electron chi connectivity index (χ4n) is 1.91. The molecule has 0 radical (unpaired) electrons. The van der Waals surface area contributed by atoms with E-state index in [4.69, 9.17) is 5.11 Å². The van der Waals surface area contributed by atoms with Crippen LogP contribution in [0.15, 0.2) is 0 Å². The first-order valence-electron chi connectivity index (χ1n) is 5.89. The predicted molar refractivity (Wildman–Crippen MR) is 60.2 cm³/mol. The van der Waals surface area contributed by atoms with Crippen LogP contribution in [0, 0.1) is 0 Å². The second-order valence-corrected chi connectivity index (χ2v) is 4.18. The van der Waals surface area contributed by atoms with Crippen LogP contribution in [0.25, 0.3) is 0 Å². The van der Waals surface area contributed by atoms with Gasteiger partial charge in [0.2, 0.25) is 5.91 Å². The molecule has 0 atom stereocenters. The van der Waals surface area contributed by atoms with Crippen LogP contribution in [0.4, 0.5) is 0 Å². The van der Waals surface area contributed by atoms with Crippen molar-refractivity contribution in [2.75, 3.05) is 26.2 Å². The maximum absolute atomic E-state index is 11.0. The van der Waals surface area contributed by atoms with Gasteiger partial charge in [-0.1, -0.05) is 6.42 Å². The van der Waals surface area contributed by atoms with Crippen molar-refractivity contribution >= 4 is 11.9 Å². The lowest BCUT2D eigenvalue weighted by molar-refractivity contribution is -0.140. The van der Waals surface area contributed by atoms with E-state index in [0.29, 0.717) is 6.54 Å². The van der Waals surface area contributed by atoms with Gasteiger partial charge >= 0.3 is 5.97 Å². The molecule has 1 fully saturated rings. The number of carbonyl (C=O) groups excluding carboxylic acids is 1. The number of amides is 1. The molecule has 5 nitrogen and oxygen atoms in total. The van der Waals surface area contributed by atoms with E-state index in [1.807, 2.05) is 0 Å². The second kappa shape index (κ2) is 7.22. The van der Waals surface area contributed by atoms with Crippen molar-refractivity contribution in [2.45, 2.75) is 32.1 Å². The number of likely N-dealkylation sites (tertiary alicyclic amines) is 1. The standard InChI is InChI=1S/C11H20N2O3/c14-10(9-11(15)16)12-5-4-8-13-6-2-1-3-7-13/h1-9H2,(H,12,14)(H,15,16). The zero-order chi connectivity index (χ0) is 11.8. The van der Waals surface area contributed by atoms with Crippen molar-refractivity contribution in [3.05, 3.63) is 0 Å². The lowest BCUT2D eigenvalue weighted by Gasteiger charge is -2.26. The topological polar surface area (TPSA) is 69.6 Å². The van der Waals surface area contributed by atoms with Gasteiger partial charge in [-0.25, -0.2) is 0 Å². The van der Waals surface area contributed by atoms with Crippen molar-refractivity contribution in [1.29, 1.82) is 0 Å². The third-order valence-corrected chi connectivity index (χ3v) is 2.73.